The van der Waals surface area contributed by atoms with E-state index >= 15 is 0 Å². The lowest BCUT2D eigenvalue weighted by molar-refractivity contribution is -0.121. The molecule has 152 valence electrons. The highest BCUT2D eigenvalue weighted by molar-refractivity contribution is 5.92. The Morgan fingerprint density at radius 3 is 2.71 bits per heavy atom. The maximum absolute atomic E-state index is 13.1. The van der Waals surface area contributed by atoms with Crippen molar-refractivity contribution in [1.29, 1.82) is 0 Å². The number of aromatic nitrogens is 3. The Balaban J connectivity index is 0.00000280. The Labute approximate surface area is 168 Å². The van der Waals surface area contributed by atoms with Crippen LogP contribution in [0.3, 0.4) is 0 Å². The summed E-state index contributed by atoms with van der Waals surface area (Å²) in [4.78, 5) is 27.6. The fourth-order valence-corrected chi connectivity index (χ4v) is 3.14. The molecule has 1 aliphatic heterocycles. The van der Waals surface area contributed by atoms with Crippen LogP contribution in [0.4, 0.5) is 4.39 Å². The van der Waals surface area contributed by atoms with Gasteiger partial charge < -0.3 is 16.0 Å². The number of nitrogens with two attached hydrogens (primary N) is 1. The molecule has 0 bridgehead atoms. The quantitative estimate of drug-likeness (QED) is 0.746. The average molecular weight is 411 g/mol. The third-order valence-corrected chi connectivity index (χ3v) is 4.56. The first-order valence-corrected chi connectivity index (χ1v) is 9.04. The van der Waals surface area contributed by atoms with Crippen LogP contribution in [0.1, 0.15) is 36.2 Å². The van der Waals surface area contributed by atoms with E-state index in [0.717, 1.165) is 19.3 Å². The van der Waals surface area contributed by atoms with E-state index in [-0.39, 0.29) is 48.2 Å². The molecule has 2 amide bonds. The van der Waals surface area contributed by atoms with Gasteiger partial charge in [0.25, 0.3) is 5.91 Å². The van der Waals surface area contributed by atoms with Crippen LogP contribution in [0.2, 0.25) is 0 Å². The minimum atomic E-state index is -0.352. The van der Waals surface area contributed by atoms with Crippen molar-refractivity contribution in [2.24, 2.45) is 5.73 Å². The summed E-state index contributed by atoms with van der Waals surface area (Å²) in [7, 11) is 0. The number of benzene rings is 1. The third kappa shape index (κ3) is 5.26. The lowest BCUT2D eigenvalue weighted by Gasteiger charge is -2.35. The largest absolute Gasteiger partial charge is 0.354 e. The van der Waals surface area contributed by atoms with Crippen molar-refractivity contribution >= 4 is 24.2 Å². The minimum Gasteiger partial charge on any atom is -0.354 e. The fraction of sp³-hybridized carbons (Fsp3) is 0.444. The van der Waals surface area contributed by atoms with Crippen LogP contribution in [-0.4, -0.2) is 57.4 Å². The standard InChI is InChI=1S/C18H23FN6O2.ClH/c19-13-4-6-14(7-5-13)25-22-12-16(23-25)18(27)24-10-2-1-3-15(24)11-21-17(26)8-9-20;/h4-7,12,15H,1-3,8-11,20H2,(H,21,26);1H. The molecule has 3 rings (SSSR count). The zero-order chi connectivity index (χ0) is 19.2. The molecule has 0 saturated carbocycles. The van der Waals surface area contributed by atoms with Crippen molar-refractivity contribution in [3.63, 3.8) is 0 Å². The zero-order valence-electron chi connectivity index (χ0n) is 15.4. The van der Waals surface area contributed by atoms with E-state index < -0.39 is 0 Å². The summed E-state index contributed by atoms with van der Waals surface area (Å²) in [6.45, 7) is 1.31. The number of hydrogen-bond donors (Lipinski definition) is 2. The lowest BCUT2D eigenvalue weighted by atomic mass is 10.0. The van der Waals surface area contributed by atoms with E-state index in [9.17, 15) is 14.0 Å². The Kier molecular flexibility index (Phi) is 7.89. The maximum Gasteiger partial charge on any atom is 0.276 e. The van der Waals surface area contributed by atoms with Gasteiger partial charge in [-0.2, -0.15) is 9.90 Å². The van der Waals surface area contributed by atoms with Crippen molar-refractivity contribution in [2.75, 3.05) is 19.6 Å². The van der Waals surface area contributed by atoms with Crippen molar-refractivity contribution in [2.45, 2.75) is 31.7 Å². The molecule has 8 nitrogen and oxygen atoms in total. The van der Waals surface area contributed by atoms with E-state index in [2.05, 4.69) is 15.5 Å². The number of nitrogens with one attached hydrogen (secondary N) is 1. The van der Waals surface area contributed by atoms with E-state index in [1.54, 1.807) is 17.0 Å². The predicted molar refractivity (Wildman–Crippen MR) is 104 cm³/mol. The predicted octanol–water partition coefficient (Wildman–Crippen LogP) is 1.29. The number of carbonyl (C=O) groups excluding carboxylic acids is 2. The van der Waals surface area contributed by atoms with Crippen LogP contribution < -0.4 is 11.1 Å². The molecule has 2 aromatic rings. The molecule has 1 fully saturated rings. The number of nitrogens with zero attached hydrogens (tertiary/aromatic N) is 4. The minimum absolute atomic E-state index is 0. The third-order valence-electron chi connectivity index (χ3n) is 4.56. The molecule has 28 heavy (non-hydrogen) atoms. The second-order valence-corrected chi connectivity index (χ2v) is 6.49. The monoisotopic (exact) mass is 410 g/mol. The number of rotatable bonds is 6. The topological polar surface area (TPSA) is 106 Å². The van der Waals surface area contributed by atoms with Crippen molar-refractivity contribution in [1.82, 2.24) is 25.2 Å². The normalized spacial score (nSPS) is 16.4. The molecular weight excluding hydrogens is 387 g/mol. The van der Waals surface area contributed by atoms with Crippen LogP contribution in [-0.2, 0) is 4.79 Å². The van der Waals surface area contributed by atoms with E-state index in [1.165, 1.54) is 23.1 Å². The zero-order valence-corrected chi connectivity index (χ0v) is 16.2. The van der Waals surface area contributed by atoms with Gasteiger partial charge >= 0.3 is 0 Å². The summed E-state index contributed by atoms with van der Waals surface area (Å²) >= 11 is 0. The summed E-state index contributed by atoms with van der Waals surface area (Å²) in [5.41, 5.74) is 6.18. The van der Waals surface area contributed by atoms with Crippen LogP contribution in [0.5, 0.6) is 0 Å². The van der Waals surface area contributed by atoms with Gasteiger partial charge in [0.1, 0.15) is 5.82 Å². The van der Waals surface area contributed by atoms with Gasteiger partial charge in [-0.3, -0.25) is 9.59 Å². The molecule has 1 aliphatic rings. The number of halogens is 2. The smallest absolute Gasteiger partial charge is 0.276 e. The fourth-order valence-electron chi connectivity index (χ4n) is 3.14. The molecule has 10 heteroatoms. The van der Waals surface area contributed by atoms with Crippen LogP contribution >= 0.6 is 12.4 Å². The highest BCUT2D eigenvalue weighted by atomic mass is 35.5. The van der Waals surface area contributed by atoms with Crippen molar-refractivity contribution < 1.29 is 14.0 Å². The van der Waals surface area contributed by atoms with E-state index in [1.807, 2.05) is 0 Å². The number of likely N-dealkylation sites (tertiary alicyclic amines) is 1. The highest BCUT2D eigenvalue weighted by Crippen LogP contribution is 2.19. The van der Waals surface area contributed by atoms with Gasteiger partial charge in [-0.25, -0.2) is 4.39 Å². The molecule has 2 heterocycles. The highest BCUT2D eigenvalue weighted by Gasteiger charge is 2.29. The summed E-state index contributed by atoms with van der Waals surface area (Å²) < 4.78 is 13.1. The Bertz CT molecular complexity index is 798. The van der Waals surface area contributed by atoms with Gasteiger partial charge in [0, 0.05) is 32.1 Å². The SMILES string of the molecule is Cl.NCCC(=O)NCC1CCCCN1C(=O)c1cnn(-c2ccc(F)cc2)n1. The van der Waals surface area contributed by atoms with Crippen LogP contribution in [0, 0.1) is 5.82 Å². The van der Waals surface area contributed by atoms with Gasteiger partial charge in [-0.1, -0.05) is 0 Å². The summed E-state index contributed by atoms with van der Waals surface area (Å²) in [5.74, 6) is -0.686. The Morgan fingerprint density at radius 1 is 1.25 bits per heavy atom. The van der Waals surface area contributed by atoms with E-state index in [4.69, 9.17) is 5.73 Å². The molecule has 1 aromatic carbocycles. The molecule has 1 saturated heterocycles. The van der Waals surface area contributed by atoms with Gasteiger partial charge in [0.15, 0.2) is 5.69 Å². The molecular formula is C18H24ClFN6O2. The van der Waals surface area contributed by atoms with Gasteiger partial charge in [0.2, 0.25) is 5.91 Å². The molecule has 1 atom stereocenters. The average Bonchev–Trinajstić information content (AvgIpc) is 3.17. The second kappa shape index (κ2) is 10.1. The lowest BCUT2D eigenvalue weighted by Crippen LogP contribution is -2.49. The van der Waals surface area contributed by atoms with E-state index in [0.29, 0.717) is 25.3 Å². The molecule has 0 aliphatic carbocycles. The number of piperidine rings is 1. The van der Waals surface area contributed by atoms with Crippen LogP contribution in [0.15, 0.2) is 30.5 Å². The summed E-state index contributed by atoms with van der Waals surface area (Å²) in [6, 6.07) is 5.62. The van der Waals surface area contributed by atoms with Crippen molar-refractivity contribution in [3.8, 4) is 5.69 Å². The second-order valence-electron chi connectivity index (χ2n) is 6.49. The maximum atomic E-state index is 13.1. The Hall–Kier alpha value is -2.52. The van der Waals surface area contributed by atoms with Crippen molar-refractivity contribution in [3.05, 3.63) is 42.0 Å². The van der Waals surface area contributed by atoms with Gasteiger partial charge in [0.05, 0.1) is 11.9 Å². The molecule has 1 aromatic heterocycles. The molecule has 0 radical (unpaired) electrons. The summed E-state index contributed by atoms with van der Waals surface area (Å²) in [5, 5.41) is 11.2. The molecule has 3 N–H and O–H groups in total. The molecule has 0 spiro atoms. The number of amides is 2. The first-order valence-electron chi connectivity index (χ1n) is 9.04. The van der Waals surface area contributed by atoms with Crippen LogP contribution in [0.25, 0.3) is 5.69 Å². The van der Waals surface area contributed by atoms with Gasteiger partial charge in [-0.05, 0) is 43.5 Å². The summed E-state index contributed by atoms with van der Waals surface area (Å²) in [6.07, 6.45) is 4.41. The number of hydrogen-bond acceptors (Lipinski definition) is 5. The first-order chi connectivity index (χ1) is 13.1. The Morgan fingerprint density at radius 2 is 2.00 bits per heavy atom. The number of carbonyl (C=O) groups is 2. The van der Waals surface area contributed by atoms with Gasteiger partial charge in [-0.15, -0.1) is 17.5 Å². The first kappa shape index (κ1) is 21.8. The molecule has 1 unspecified atom stereocenters.